The van der Waals surface area contributed by atoms with Gasteiger partial charge in [0.15, 0.2) is 21.6 Å². The minimum Gasteiger partial charge on any atom is -0.478 e. The zero-order valence-corrected chi connectivity index (χ0v) is 18.2. The van der Waals surface area contributed by atoms with Crippen LogP contribution in [0.25, 0.3) is 22.6 Å². The number of alkyl halides is 3. The van der Waals surface area contributed by atoms with Gasteiger partial charge in [0.05, 0.1) is 38.9 Å². The summed E-state index contributed by atoms with van der Waals surface area (Å²) in [4.78, 5) is 11.4. The van der Waals surface area contributed by atoms with Crippen LogP contribution in [0.5, 0.6) is 5.75 Å². The van der Waals surface area contributed by atoms with E-state index >= 15 is 0 Å². The molecule has 0 aliphatic rings. The maximum Gasteiger partial charge on any atom is 0.433 e. The van der Waals surface area contributed by atoms with E-state index in [9.17, 15) is 25.8 Å². The molecule has 14 heteroatoms. The van der Waals surface area contributed by atoms with E-state index in [2.05, 4.69) is 15.0 Å². The Morgan fingerprint density at radius 3 is 2.42 bits per heavy atom. The topological polar surface area (TPSA) is 128 Å². The molecule has 1 N–H and O–H groups in total. The van der Waals surface area contributed by atoms with E-state index in [0.717, 1.165) is 12.3 Å². The predicted molar refractivity (Wildman–Crippen MR) is 107 cm³/mol. The second-order valence-electron chi connectivity index (χ2n) is 6.74. The summed E-state index contributed by atoms with van der Waals surface area (Å²) in [5.41, 5.74) is -0.975. The SMILES string of the molecule is CCS(=O)(=O)c1cc(OCS(C)(=N)=O)cnc1-c1nc2cc(C(F)(F)F)ncc2n1C. The third-order valence-corrected chi connectivity index (χ3v) is 6.57. The van der Waals surface area contributed by atoms with Gasteiger partial charge in [-0.05, 0) is 6.07 Å². The first-order valence-electron chi connectivity index (χ1n) is 8.70. The number of fused-ring (bicyclic) bond motifs is 1. The summed E-state index contributed by atoms with van der Waals surface area (Å²) in [6, 6.07) is 1.95. The van der Waals surface area contributed by atoms with E-state index in [0.29, 0.717) is 0 Å². The normalized spacial score (nSPS) is 14.5. The Kier molecular flexibility index (Phi) is 5.73. The third-order valence-electron chi connectivity index (χ3n) is 4.26. The molecule has 3 aromatic rings. The molecule has 0 spiro atoms. The number of aromatic nitrogens is 4. The summed E-state index contributed by atoms with van der Waals surface area (Å²) in [6.45, 7) is 1.42. The van der Waals surface area contributed by atoms with Crippen LogP contribution in [0.4, 0.5) is 13.2 Å². The Morgan fingerprint density at radius 2 is 1.84 bits per heavy atom. The lowest BCUT2D eigenvalue weighted by atomic mass is 10.3. The van der Waals surface area contributed by atoms with Crippen molar-refractivity contribution in [3.63, 3.8) is 0 Å². The van der Waals surface area contributed by atoms with E-state index in [1.165, 1.54) is 37.1 Å². The second-order valence-corrected chi connectivity index (χ2v) is 11.2. The first kappa shape index (κ1) is 22.9. The molecule has 0 fully saturated rings. The number of hydrogen-bond donors (Lipinski definition) is 1. The molecule has 3 rings (SSSR count). The van der Waals surface area contributed by atoms with Gasteiger partial charge in [-0.15, -0.1) is 0 Å². The van der Waals surface area contributed by atoms with Crippen LogP contribution in [0, 0.1) is 4.78 Å². The zero-order valence-electron chi connectivity index (χ0n) is 16.6. The van der Waals surface area contributed by atoms with Crippen molar-refractivity contribution >= 4 is 30.6 Å². The van der Waals surface area contributed by atoms with Crippen molar-refractivity contribution in [2.45, 2.75) is 18.0 Å². The van der Waals surface area contributed by atoms with Crippen LogP contribution in [-0.4, -0.2) is 50.1 Å². The number of ether oxygens (including phenoxy) is 1. The first-order valence-corrected chi connectivity index (χ1v) is 12.5. The Labute approximate surface area is 176 Å². The van der Waals surface area contributed by atoms with Gasteiger partial charge in [0.25, 0.3) is 0 Å². The zero-order chi connectivity index (χ0) is 23.2. The van der Waals surface area contributed by atoms with Gasteiger partial charge < -0.3 is 9.30 Å². The van der Waals surface area contributed by atoms with E-state index in [1.807, 2.05) is 0 Å². The number of pyridine rings is 2. The molecule has 0 aliphatic heterocycles. The number of nitrogens with one attached hydrogen (secondary N) is 1. The predicted octanol–water partition coefficient (Wildman–Crippen LogP) is 2.86. The average Bonchev–Trinajstić information content (AvgIpc) is 3.01. The molecule has 31 heavy (non-hydrogen) atoms. The number of halogens is 3. The molecular formula is C17H18F3N5O4S2. The lowest BCUT2D eigenvalue weighted by molar-refractivity contribution is -0.141. The molecule has 0 radical (unpaired) electrons. The Hall–Kier alpha value is -2.74. The van der Waals surface area contributed by atoms with E-state index in [1.54, 1.807) is 0 Å². The summed E-state index contributed by atoms with van der Waals surface area (Å²) < 4.78 is 89.8. The van der Waals surface area contributed by atoms with Crippen molar-refractivity contribution in [3.8, 4) is 17.3 Å². The van der Waals surface area contributed by atoms with Crippen molar-refractivity contribution in [2.24, 2.45) is 7.05 Å². The lowest BCUT2D eigenvalue weighted by Gasteiger charge is -2.12. The van der Waals surface area contributed by atoms with Crippen LogP contribution in [0.15, 0.2) is 29.4 Å². The van der Waals surface area contributed by atoms with Crippen LogP contribution >= 0.6 is 0 Å². The van der Waals surface area contributed by atoms with Gasteiger partial charge in [-0.25, -0.2) is 27.6 Å². The minimum atomic E-state index is -4.66. The third kappa shape index (κ3) is 4.79. The van der Waals surface area contributed by atoms with E-state index < -0.39 is 37.4 Å². The monoisotopic (exact) mass is 477 g/mol. The summed E-state index contributed by atoms with van der Waals surface area (Å²) in [5.74, 6) is -0.734. The van der Waals surface area contributed by atoms with Crippen LogP contribution < -0.4 is 4.74 Å². The smallest absolute Gasteiger partial charge is 0.433 e. The highest BCUT2D eigenvalue weighted by atomic mass is 32.2. The Balaban J connectivity index is 2.19. The van der Waals surface area contributed by atoms with Gasteiger partial charge in [-0.3, -0.25) is 4.78 Å². The molecule has 0 bridgehead atoms. The highest BCUT2D eigenvalue weighted by Crippen LogP contribution is 2.33. The molecule has 0 aromatic carbocycles. The average molecular weight is 477 g/mol. The second kappa shape index (κ2) is 7.75. The maximum absolute atomic E-state index is 13.0. The largest absolute Gasteiger partial charge is 0.478 e. The number of rotatable bonds is 6. The van der Waals surface area contributed by atoms with E-state index in [4.69, 9.17) is 9.52 Å². The Morgan fingerprint density at radius 1 is 1.16 bits per heavy atom. The molecule has 168 valence electrons. The molecule has 1 unspecified atom stereocenters. The molecule has 1 atom stereocenters. The Bertz CT molecular complexity index is 1370. The van der Waals surface area contributed by atoms with Gasteiger partial charge in [-0.2, -0.15) is 13.2 Å². The summed E-state index contributed by atoms with van der Waals surface area (Å²) in [5, 5.41) is 0. The molecule has 9 nitrogen and oxygen atoms in total. The fraction of sp³-hybridized carbons (Fsp3) is 0.353. The highest BCUT2D eigenvalue weighted by molar-refractivity contribution is 7.91. The summed E-state index contributed by atoms with van der Waals surface area (Å²) in [7, 11) is -5.34. The first-order chi connectivity index (χ1) is 14.2. The number of hydrogen-bond acceptors (Lipinski definition) is 8. The molecule has 0 saturated heterocycles. The summed E-state index contributed by atoms with van der Waals surface area (Å²) >= 11 is 0. The van der Waals surface area contributed by atoms with Gasteiger partial charge >= 0.3 is 6.18 Å². The molecule has 0 saturated carbocycles. The van der Waals surface area contributed by atoms with Gasteiger partial charge in [-0.1, -0.05) is 6.92 Å². The van der Waals surface area contributed by atoms with Crippen LogP contribution in [-0.2, 0) is 32.8 Å². The quantitative estimate of drug-likeness (QED) is 0.578. The van der Waals surface area contributed by atoms with Gasteiger partial charge in [0.1, 0.15) is 22.0 Å². The number of imidazole rings is 1. The van der Waals surface area contributed by atoms with Crippen LogP contribution in [0.1, 0.15) is 12.6 Å². The van der Waals surface area contributed by atoms with Crippen molar-refractivity contribution in [1.29, 1.82) is 4.78 Å². The maximum atomic E-state index is 13.0. The van der Waals surface area contributed by atoms with Crippen molar-refractivity contribution in [3.05, 3.63) is 30.2 Å². The van der Waals surface area contributed by atoms with Gasteiger partial charge in [0, 0.05) is 19.4 Å². The van der Waals surface area contributed by atoms with E-state index in [-0.39, 0.29) is 38.9 Å². The fourth-order valence-corrected chi connectivity index (χ4v) is 4.11. The van der Waals surface area contributed by atoms with Gasteiger partial charge in [0.2, 0.25) is 0 Å². The summed E-state index contributed by atoms with van der Waals surface area (Å²) in [6.07, 6.45) is -1.31. The molecule has 3 heterocycles. The van der Waals surface area contributed by atoms with Crippen molar-refractivity contribution < 1.29 is 30.5 Å². The molecular weight excluding hydrogens is 459 g/mol. The van der Waals surface area contributed by atoms with Crippen molar-refractivity contribution in [1.82, 2.24) is 19.5 Å². The molecule has 0 aliphatic carbocycles. The van der Waals surface area contributed by atoms with Crippen LogP contribution in [0.3, 0.4) is 0 Å². The van der Waals surface area contributed by atoms with Crippen molar-refractivity contribution in [2.75, 3.05) is 17.9 Å². The highest BCUT2D eigenvalue weighted by Gasteiger charge is 2.33. The minimum absolute atomic E-state index is 0.0163. The number of sulfone groups is 1. The number of nitrogens with zero attached hydrogens (tertiary/aromatic N) is 4. The molecule has 3 aromatic heterocycles. The molecule has 0 amide bonds. The standard InChI is InChI=1S/C17H18F3N5O4S2/c1-4-31(27,28)13-5-10(29-9-30(3,21)26)7-23-15(13)16-24-11-6-14(17(18,19)20)22-8-12(11)25(16)2/h5-8,21H,4,9H2,1-3H3. The van der Waals surface area contributed by atoms with Crippen LogP contribution in [0.2, 0.25) is 0 Å². The fourth-order valence-electron chi connectivity index (χ4n) is 2.70. The lowest BCUT2D eigenvalue weighted by Crippen LogP contribution is -2.11. The number of aryl methyl sites for hydroxylation is 1.